The fourth-order valence-electron chi connectivity index (χ4n) is 1.39. The molecule has 1 saturated carbocycles. The van der Waals surface area contributed by atoms with Crippen molar-refractivity contribution in [3.8, 4) is 0 Å². The molecule has 1 fully saturated rings. The molecule has 0 amide bonds. The number of anilines is 1. The summed E-state index contributed by atoms with van der Waals surface area (Å²) in [4.78, 5) is 0. The molecule has 0 atom stereocenters. The molecule has 0 aromatic carbocycles. The van der Waals surface area contributed by atoms with Gasteiger partial charge < -0.3 is 5.73 Å². The van der Waals surface area contributed by atoms with Gasteiger partial charge >= 0.3 is 0 Å². The molecule has 0 radical (unpaired) electrons. The van der Waals surface area contributed by atoms with Crippen molar-refractivity contribution in [2.75, 3.05) is 5.73 Å². The van der Waals surface area contributed by atoms with E-state index in [4.69, 9.17) is 5.73 Å². The minimum Gasteiger partial charge on any atom is -0.396 e. The molecule has 1 aromatic rings. The highest BCUT2D eigenvalue weighted by Gasteiger charge is 2.51. The monoisotopic (exact) mass is 187 g/mol. The molecule has 0 spiro atoms. The van der Waals surface area contributed by atoms with Gasteiger partial charge in [0.2, 0.25) is 6.43 Å². The van der Waals surface area contributed by atoms with Crippen molar-refractivity contribution in [3.05, 3.63) is 12.4 Å². The first-order chi connectivity index (χ1) is 6.12. The van der Waals surface area contributed by atoms with Crippen LogP contribution in [0.1, 0.15) is 12.8 Å². The second kappa shape index (κ2) is 2.68. The summed E-state index contributed by atoms with van der Waals surface area (Å²) in [7, 11) is 0. The van der Waals surface area contributed by atoms with Crippen LogP contribution in [0.3, 0.4) is 0 Å². The quantitative estimate of drug-likeness (QED) is 0.779. The third-order valence-electron chi connectivity index (χ3n) is 2.49. The van der Waals surface area contributed by atoms with E-state index < -0.39 is 11.8 Å². The lowest BCUT2D eigenvalue weighted by molar-refractivity contribution is 0.0491. The maximum Gasteiger partial charge on any atom is 0.245 e. The summed E-state index contributed by atoms with van der Waals surface area (Å²) >= 11 is 0. The van der Waals surface area contributed by atoms with E-state index in [0.717, 1.165) is 0 Å². The Kier molecular flexibility index (Phi) is 1.75. The van der Waals surface area contributed by atoms with Crippen molar-refractivity contribution in [3.63, 3.8) is 0 Å². The van der Waals surface area contributed by atoms with Crippen LogP contribution in [0.4, 0.5) is 14.5 Å². The van der Waals surface area contributed by atoms with Crippen molar-refractivity contribution < 1.29 is 8.78 Å². The van der Waals surface area contributed by atoms with Crippen LogP contribution < -0.4 is 5.73 Å². The van der Waals surface area contributed by atoms with Gasteiger partial charge in [-0.3, -0.25) is 4.68 Å². The van der Waals surface area contributed by atoms with Crippen molar-refractivity contribution in [2.45, 2.75) is 25.8 Å². The first kappa shape index (κ1) is 8.47. The van der Waals surface area contributed by atoms with Crippen molar-refractivity contribution in [1.82, 2.24) is 9.78 Å². The molecule has 72 valence electrons. The van der Waals surface area contributed by atoms with Crippen LogP contribution >= 0.6 is 0 Å². The van der Waals surface area contributed by atoms with Gasteiger partial charge in [0.05, 0.1) is 23.8 Å². The maximum absolute atomic E-state index is 12.5. The largest absolute Gasteiger partial charge is 0.396 e. The normalized spacial score (nSPS) is 19.3. The van der Waals surface area contributed by atoms with Crippen LogP contribution in [0.2, 0.25) is 0 Å². The van der Waals surface area contributed by atoms with E-state index in [1.54, 1.807) is 6.20 Å². The van der Waals surface area contributed by atoms with Crippen molar-refractivity contribution in [2.24, 2.45) is 5.41 Å². The number of aromatic nitrogens is 2. The van der Waals surface area contributed by atoms with Gasteiger partial charge in [-0.15, -0.1) is 0 Å². The molecule has 3 nitrogen and oxygen atoms in total. The molecule has 1 aliphatic rings. The van der Waals surface area contributed by atoms with Gasteiger partial charge in [-0.2, -0.15) is 5.10 Å². The Morgan fingerprint density at radius 2 is 2.31 bits per heavy atom. The molecule has 0 aliphatic heterocycles. The molecule has 2 N–H and O–H groups in total. The average molecular weight is 187 g/mol. The molecule has 0 saturated heterocycles. The highest BCUT2D eigenvalue weighted by atomic mass is 19.3. The Morgan fingerprint density at radius 1 is 1.62 bits per heavy atom. The Hall–Kier alpha value is -1.13. The number of hydrogen-bond donors (Lipinski definition) is 1. The van der Waals surface area contributed by atoms with Crippen molar-refractivity contribution >= 4 is 5.69 Å². The predicted molar refractivity (Wildman–Crippen MR) is 44.3 cm³/mol. The summed E-state index contributed by atoms with van der Waals surface area (Å²) in [6.07, 6.45) is 1.98. The van der Waals surface area contributed by atoms with Crippen LogP contribution in [0, 0.1) is 5.41 Å². The van der Waals surface area contributed by atoms with Crippen LogP contribution in [0.25, 0.3) is 0 Å². The smallest absolute Gasteiger partial charge is 0.245 e. The molecular weight excluding hydrogens is 176 g/mol. The van der Waals surface area contributed by atoms with Crippen LogP contribution in [0.5, 0.6) is 0 Å². The van der Waals surface area contributed by atoms with Gasteiger partial charge in [0, 0.05) is 6.20 Å². The standard InChI is InChI=1S/C8H11F2N3/c9-7(10)8(1-2-8)5-13-4-6(11)3-12-13/h3-4,7H,1-2,5,11H2. The number of rotatable bonds is 3. The topological polar surface area (TPSA) is 43.8 Å². The Morgan fingerprint density at radius 3 is 2.69 bits per heavy atom. The Bertz CT molecular complexity index is 304. The zero-order valence-electron chi connectivity index (χ0n) is 7.08. The molecular formula is C8H11F2N3. The second-order valence-corrected chi connectivity index (χ2v) is 3.63. The van der Waals surface area contributed by atoms with E-state index in [1.807, 2.05) is 0 Å². The summed E-state index contributed by atoms with van der Waals surface area (Å²) in [5.41, 5.74) is 5.12. The minimum atomic E-state index is -2.25. The number of nitrogen functional groups attached to an aromatic ring is 1. The van der Waals surface area contributed by atoms with Gasteiger partial charge in [-0.25, -0.2) is 8.78 Å². The first-order valence-corrected chi connectivity index (χ1v) is 4.18. The number of nitrogens with two attached hydrogens (primary N) is 1. The Balaban J connectivity index is 2.06. The van der Waals surface area contributed by atoms with Gasteiger partial charge in [0.25, 0.3) is 0 Å². The number of nitrogens with zero attached hydrogens (tertiary/aromatic N) is 2. The molecule has 5 heteroatoms. The molecule has 1 aliphatic carbocycles. The molecule has 13 heavy (non-hydrogen) atoms. The fourth-order valence-corrected chi connectivity index (χ4v) is 1.39. The van der Waals surface area contributed by atoms with Gasteiger partial charge in [0.15, 0.2) is 0 Å². The van der Waals surface area contributed by atoms with Gasteiger partial charge in [-0.1, -0.05) is 0 Å². The zero-order chi connectivity index (χ0) is 9.47. The van der Waals surface area contributed by atoms with E-state index >= 15 is 0 Å². The third kappa shape index (κ3) is 1.50. The van der Waals surface area contributed by atoms with E-state index in [1.165, 1.54) is 10.9 Å². The second-order valence-electron chi connectivity index (χ2n) is 3.63. The highest BCUT2D eigenvalue weighted by molar-refractivity contribution is 5.30. The zero-order valence-corrected chi connectivity index (χ0v) is 7.08. The number of hydrogen-bond acceptors (Lipinski definition) is 2. The van der Waals surface area contributed by atoms with Gasteiger partial charge in [0.1, 0.15) is 0 Å². The molecule has 1 heterocycles. The molecule has 1 aromatic heterocycles. The van der Waals surface area contributed by atoms with E-state index in [9.17, 15) is 8.78 Å². The maximum atomic E-state index is 12.5. The van der Waals surface area contributed by atoms with E-state index in [2.05, 4.69) is 5.10 Å². The minimum absolute atomic E-state index is 0.280. The number of alkyl halides is 2. The predicted octanol–water partition coefficient (Wildman–Crippen LogP) is 1.51. The number of halogens is 2. The molecule has 0 bridgehead atoms. The van der Waals surface area contributed by atoms with Gasteiger partial charge in [-0.05, 0) is 12.8 Å². The summed E-state index contributed by atoms with van der Waals surface area (Å²) in [5, 5.41) is 3.88. The molecule has 2 rings (SSSR count). The summed E-state index contributed by atoms with van der Waals surface area (Å²) in [6.45, 7) is 0.280. The lowest BCUT2D eigenvalue weighted by Gasteiger charge is -2.13. The van der Waals surface area contributed by atoms with E-state index in [-0.39, 0.29) is 6.54 Å². The lowest BCUT2D eigenvalue weighted by Crippen LogP contribution is -2.20. The summed E-state index contributed by atoms with van der Waals surface area (Å²) in [6, 6.07) is 0. The van der Waals surface area contributed by atoms with Crippen LogP contribution in [0.15, 0.2) is 12.4 Å². The SMILES string of the molecule is Nc1cnn(CC2(C(F)F)CC2)c1. The van der Waals surface area contributed by atoms with E-state index in [0.29, 0.717) is 18.5 Å². The first-order valence-electron chi connectivity index (χ1n) is 4.18. The fraction of sp³-hybridized carbons (Fsp3) is 0.625. The van der Waals surface area contributed by atoms with Crippen molar-refractivity contribution in [1.29, 1.82) is 0 Å². The Labute approximate surface area is 74.5 Å². The summed E-state index contributed by atoms with van der Waals surface area (Å²) in [5.74, 6) is 0. The van der Waals surface area contributed by atoms with Crippen LogP contribution in [-0.4, -0.2) is 16.2 Å². The lowest BCUT2D eigenvalue weighted by atomic mass is 10.1. The third-order valence-corrected chi connectivity index (χ3v) is 2.49. The average Bonchev–Trinajstić information content (AvgIpc) is 2.72. The molecule has 0 unspecified atom stereocenters. The summed E-state index contributed by atoms with van der Waals surface area (Å²) < 4.78 is 26.5. The highest BCUT2D eigenvalue weighted by Crippen LogP contribution is 2.51. The van der Waals surface area contributed by atoms with Crippen LogP contribution in [-0.2, 0) is 6.54 Å².